The summed E-state index contributed by atoms with van der Waals surface area (Å²) in [6.45, 7) is 6.80. The van der Waals surface area contributed by atoms with Crippen LogP contribution in [0.2, 0.25) is 0 Å². The third-order valence-corrected chi connectivity index (χ3v) is 5.23. The lowest BCUT2D eigenvalue weighted by Crippen LogP contribution is -2.33. The lowest BCUT2D eigenvalue weighted by molar-refractivity contribution is -0.147. The van der Waals surface area contributed by atoms with Crippen molar-refractivity contribution in [3.8, 4) is 0 Å². The molecule has 0 spiro atoms. The van der Waals surface area contributed by atoms with Crippen molar-refractivity contribution in [2.75, 3.05) is 6.61 Å². The standard InChI is InChI=1S/C22H36O4/c1-4-7-9-11-18(10-6-3)17-22(21(24)25)14-12-19(13-15-22)20(23)26-16-8-5-2/h12-14,18H,4-11,15-17H2,1-3H3,(H,24,25). The van der Waals surface area contributed by atoms with Crippen LogP contribution < -0.4 is 0 Å². The first-order valence-corrected chi connectivity index (χ1v) is 10.3. The van der Waals surface area contributed by atoms with Gasteiger partial charge in [-0.15, -0.1) is 0 Å². The summed E-state index contributed by atoms with van der Waals surface area (Å²) < 4.78 is 5.23. The molecule has 1 N–H and O–H groups in total. The zero-order chi connectivity index (χ0) is 19.4. The highest BCUT2D eigenvalue weighted by Gasteiger charge is 2.39. The molecule has 0 aliphatic heterocycles. The number of carbonyl (C=O) groups is 2. The molecule has 2 unspecified atom stereocenters. The topological polar surface area (TPSA) is 63.6 Å². The molecule has 1 aliphatic carbocycles. The van der Waals surface area contributed by atoms with Crippen LogP contribution >= 0.6 is 0 Å². The minimum absolute atomic E-state index is 0.346. The van der Waals surface area contributed by atoms with Gasteiger partial charge in [0.2, 0.25) is 0 Å². The fourth-order valence-corrected chi connectivity index (χ4v) is 3.57. The number of esters is 1. The highest BCUT2D eigenvalue weighted by Crippen LogP contribution is 2.39. The van der Waals surface area contributed by atoms with Gasteiger partial charge in [-0.05, 0) is 25.2 Å². The second-order valence-corrected chi connectivity index (χ2v) is 7.50. The third-order valence-electron chi connectivity index (χ3n) is 5.23. The Morgan fingerprint density at radius 2 is 1.85 bits per heavy atom. The number of ether oxygens (including phenoxy) is 1. The zero-order valence-electron chi connectivity index (χ0n) is 16.8. The number of carboxylic acids is 1. The van der Waals surface area contributed by atoms with E-state index < -0.39 is 11.4 Å². The molecule has 0 aromatic carbocycles. The molecule has 1 aliphatic rings. The Morgan fingerprint density at radius 3 is 2.38 bits per heavy atom. The van der Waals surface area contributed by atoms with E-state index in [0.717, 1.165) is 38.5 Å². The lowest BCUT2D eigenvalue weighted by atomic mass is 9.72. The summed E-state index contributed by atoms with van der Waals surface area (Å²) in [4.78, 5) is 24.1. The van der Waals surface area contributed by atoms with E-state index in [-0.39, 0.29) is 5.97 Å². The molecule has 0 amide bonds. The molecule has 2 atom stereocenters. The van der Waals surface area contributed by atoms with E-state index in [9.17, 15) is 14.7 Å². The number of aliphatic carboxylic acids is 1. The van der Waals surface area contributed by atoms with Gasteiger partial charge in [-0.3, -0.25) is 4.79 Å². The summed E-state index contributed by atoms with van der Waals surface area (Å²) in [6, 6.07) is 0. The SMILES string of the molecule is CCCCCC(CCC)CC1(C(=O)O)C=CC(C(=O)OCCCC)=CC1. The minimum Gasteiger partial charge on any atom is -0.481 e. The molecule has 26 heavy (non-hydrogen) atoms. The van der Waals surface area contributed by atoms with Gasteiger partial charge in [-0.2, -0.15) is 0 Å². The van der Waals surface area contributed by atoms with Crippen molar-refractivity contribution < 1.29 is 19.4 Å². The second-order valence-electron chi connectivity index (χ2n) is 7.50. The normalized spacial score (nSPS) is 20.5. The van der Waals surface area contributed by atoms with Crippen LogP contribution in [0.5, 0.6) is 0 Å². The van der Waals surface area contributed by atoms with Crippen molar-refractivity contribution in [3.63, 3.8) is 0 Å². The molecule has 0 heterocycles. The smallest absolute Gasteiger partial charge is 0.337 e. The van der Waals surface area contributed by atoms with Gasteiger partial charge in [0.1, 0.15) is 0 Å². The lowest BCUT2D eigenvalue weighted by Gasteiger charge is -2.32. The Bertz CT molecular complexity index is 506. The summed E-state index contributed by atoms with van der Waals surface area (Å²) in [5.74, 6) is -0.722. The average molecular weight is 365 g/mol. The van der Waals surface area contributed by atoms with E-state index in [4.69, 9.17) is 4.74 Å². The van der Waals surface area contributed by atoms with Gasteiger partial charge in [0.25, 0.3) is 0 Å². The summed E-state index contributed by atoms with van der Waals surface area (Å²) in [5.41, 5.74) is -0.407. The van der Waals surface area contributed by atoms with Crippen LogP contribution in [0.25, 0.3) is 0 Å². The number of rotatable bonds is 13. The van der Waals surface area contributed by atoms with Crippen LogP contribution in [-0.4, -0.2) is 23.7 Å². The summed E-state index contributed by atoms with van der Waals surface area (Å²) >= 11 is 0. The Morgan fingerprint density at radius 1 is 1.12 bits per heavy atom. The van der Waals surface area contributed by atoms with Crippen LogP contribution in [0.4, 0.5) is 0 Å². The first kappa shape index (κ1) is 22.5. The molecule has 0 saturated heterocycles. The minimum atomic E-state index is -0.890. The monoisotopic (exact) mass is 364 g/mol. The predicted octanol–water partition coefficient (Wildman–Crippen LogP) is 5.67. The van der Waals surface area contributed by atoms with Crippen molar-refractivity contribution in [1.29, 1.82) is 0 Å². The molecule has 0 fully saturated rings. The second kappa shape index (κ2) is 11.9. The Hall–Kier alpha value is -1.58. The number of allylic oxidation sites excluding steroid dienone is 1. The molecule has 4 nitrogen and oxygen atoms in total. The van der Waals surface area contributed by atoms with E-state index >= 15 is 0 Å². The Labute approximate surface area is 158 Å². The van der Waals surface area contributed by atoms with Gasteiger partial charge in [0.05, 0.1) is 17.6 Å². The molecule has 4 heteroatoms. The first-order chi connectivity index (χ1) is 12.5. The Balaban J connectivity index is 2.75. The number of carbonyl (C=O) groups excluding carboxylic acids is 1. The molecule has 0 aromatic rings. The van der Waals surface area contributed by atoms with Crippen molar-refractivity contribution >= 4 is 11.9 Å². The van der Waals surface area contributed by atoms with Crippen molar-refractivity contribution in [3.05, 3.63) is 23.8 Å². The van der Waals surface area contributed by atoms with Gasteiger partial charge in [-0.25, -0.2) is 4.79 Å². The van der Waals surface area contributed by atoms with Crippen molar-refractivity contribution in [2.24, 2.45) is 11.3 Å². The van der Waals surface area contributed by atoms with Crippen LogP contribution in [-0.2, 0) is 14.3 Å². The maximum Gasteiger partial charge on any atom is 0.337 e. The summed E-state index contributed by atoms with van der Waals surface area (Å²) in [5, 5.41) is 9.88. The van der Waals surface area contributed by atoms with Crippen LogP contribution in [0.1, 0.15) is 85.0 Å². The van der Waals surface area contributed by atoms with Crippen LogP contribution in [0, 0.1) is 11.3 Å². The largest absolute Gasteiger partial charge is 0.481 e. The highest BCUT2D eigenvalue weighted by molar-refractivity contribution is 5.93. The number of unbranched alkanes of at least 4 members (excludes halogenated alkanes) is 3. The molecule has 148 valence electrons. The quantitative estimate of drug-likeness (QED) is 0.337. The number of carboxylic acid groups (broad SMARTS) is 1. The van der Waals surface area contributed by atoms with Gasteiger partial charge in [-0.1, -0.05) is 83.9 Å². The molecule has 0 radical (unpaired) electrons. The maximum absolute atomic E-state index is 12.1. The molecule has 0 bridgehead atoms. The van der Waals surface area contributed by atoms with Gasteiger partial charge in [0, 0.05) is 0 Å². The maximum atomic E-state index is 12.1. The Kier molecular flexibility index (Phi) is 10.3. The zero-order valence-corrected chi connectivity index (χ0v) is 16.8. The molecule has 0 saturated carbocycles. The highest BCUT2D eigenvalue weighted by atomic mass is 16.5. The third kappa shape index (κ3) is 6.97. The number of hydrogen-bond acceptors (Lipinski definition) is 3. The average Bonchev–Trinajstić information content (AvgIpc) is 2.62. The fraction of sp³-hybridized carbons (Fsp3) is 0.727. The van der Waals surface area contributed by atoms with Crippen molar-refractivity contribution in [2.45, 2.75) is 85.0 Å². The first-order valence-electron chi connectivity index (χ1n) is 10.3. The fourth-order valence-electron chi connectivity index (χ4n) is 3.57. The van der Waals surface area contributed by atoms with Crippen LogP contribution in [0.15, 0.2) is 23.8 Å². The van der Waals surface area contributed by atoms with E-state index in [1.54, 1.807) is 18.2 Å². The molecular formula is C22H36O4. The molecule has 0 aromatic heterocycles. The van der Waals surface area contributed by atoms with Crippen LogP contribution in [0.3, 0.4) is 0 Å². The summed E-state index contributed by atoms with van der Waals surface area (Å²) in [7, 11) is 0. The van der Waals surface area contributed by atoms with E-state index in [1.165, 1.54) is 12.8 Å². The summed E-state index contributed by atoms with van der Waals surface area (Å²) in [6.07, 6.45) is 14.7. The van der Waals surface area contributed by atoms with E-state index in [2.05, 4.69) is 13.8 Å². The van der Waals surface area contributed by atoms with Gasteiger partial charge >= 0.3 is 11.9 Å². The molecular weight excluding hydrogens is 328 g/mol. The predicted molar refractivity (Wildman–Crippen MR) is 105 cm³/mol. The van der Waals surface area contributed by atoms with Gasteiger partial charge < -0.3 is 9.84 Å². The van der Waals surface area contributed by atoms with E-state index in [1.807, 2.05) is 6.92 Å². The van der Waals surface area contributed by atoms with Crippen molar-refractivity contribution in [1.82, 2.24) is 0 Å². The molecule has 1 rings (SSSR count). The number of hydrogen-bond donors (Lipinski definition) is 1. The van der Waals surface area contributed by atoms with E-state index in [0.29, 0.717) is 30.9 Å². The van der Waals surface area contributed by atoms with Gasteiger partial charge in [0.15, 0.2) is 0 Å².